The fourth-order valence-electron chi connectivity index (χ4n) is 2.56. The Hall–Kier alpha value is 0.200. The first-order valence-corrected chi connectivity index (χ1v) is 10.6. The molecular formula is C19H39FO2S. The smallest absolute Gasteiger partial charge is 0.101 e. The average Bonchev–Trinajstić information content (AvgIpc) is 2.54. The van der Waals surface area contributed by atoms with Gasteiger partial charge in [0.15, 0.2) is 0 Å². The predicted molar refractivity (Wildman–Crippen MR) is 101 cm³/mol. The molecule has 0 aromatic heterocycles. The number of aliphatic hydroxyl groups excluding tert-OH is 1. The molecular weight excluding hydrogens is 311 g/mol. The number of rotatable bonds is 16. The lowest BCUT2D eigenvalue weighted by Crippen LogP contribution is -2.22. The molecule has 0 amide bonds. The lowest BCUT2D eigenvalue weighted by molar-refractivity contribution is 0.0287. The maximum absolute atomic E-state index is 13.7. The van der Waals surface area contributed by atoms with E-state index in [9.17, 15) is 9.50 Å². The van der Waals surface area contributed by atoms with Crippen LogP contribution in [0.3, 0.4) is 0 Å². The van der Waals surface area contributed by atoms with E-state index in [0.717, 1.165) is 25.9 Å². The molecule has 0 aromatic carbocycles. The Morgan fingerprint density at radius 3 is 2.30 bits per heavy atom. The Balaban J connectivity index is 3.70. The first-order valence-electron chi connectivity index (χ1n) is 9.54. The molecule has 0 aromatic rings. The Morgan fingerprint density at radius 2 is 1.70 bits per heavy atom. The molecule has 0 fully saturated rings. The summed E-state index contributed by atoms with van der Waals surface area (Å²) in [6, 6.07) is 0. The highest BCUT2D eigenvalue weighted by Gasteiger charge is 2.14. The third kappa shape index (κ3) is 14.3. The van der Waals surface area contributed by atoms with Gasteiger partial charge in [-0.2, -0.15) is 11.8 Å². The van der Waals surface area contributed by atoms with E-state index in [1.165, 1.54) is 19.3 Å². The summed E-state index contributed by atoms with van der Waals surface area (Å²) in [7, 11) is 0. The molecule has 1 N–H and O–H groups in total. The first-order chi connectivity index (χ1) is 11.0. The second-order valence-corrected chi connectivity index (χ2v) is 8.20. The van der Waals surface area contributed by atoms with Crippen LogP contribution in [0, 0.1) is 5.92 Å². The molecule has 0 aliphatic rings. The number of hydrogen-bond acceptors (Lipinski definition) is 3. The minimum Gasteiger partial charge on any atom is -0.390 e. The van der Waals surface area contributed by atoms with Crippen LogP contribution in [0.2, 0.25) is 0 Å². The zero-order chi connectivity index (χ0) is 17.5. The Labute approximate surface area is 148 Å². The van der Waals surface area contributed by atoms with Gasteiger partial charge in [0.25, 0.3) is 0 Å². The van der Waals surface area contributed by atoms with Crippen LogP contribution >= 0.6 is 11.8 Å². The van der Waals surface area contributed by atoms with Gasteiger partial charge in [-0.05, 0) is 25.2 Å². The molecule has 4 atom stereocenters. The average molecular weight is 351 g/mol. The van der Waals surface area contributed by atoms with Crippen molar-refractivity contribution < 1.29 is 14.2 Å². The molecule has 4 unspecified atom stereocenters. The van der Waals surface area contributed by atoms with Crippen molar-refractivity contribution in [3.05, 3.63) is 0 Å². The van der Waals surface area contributed by atoms with E-state index in [2.05, 4.69) is 27.7 Å². The molecule has 0 saturated heterocycles. The van der Waals surface area contributed by atoms with Gasteiger partial charge in [0.05, 0.1) is 12.7 Å². The van der Waals surface area contributed by atoms with Crippen LogP contribution in [0.4, 0.5) is 4.39 Å². The van der Waals surface area contributed by atoms with Gasteiger partial charge < -0.3 is 9.84 Å². The molecule has 0 aliphatic heterocycles. The minimum atomic E-state index is -0.699. The number of thioether (sulfide) groups is 1. The van der Waals surface area contributed by atoms with Crippen LogP contribution in [-0.4, -0.2) is 41.6 Å². The largest absolute Gasteiger partial charge is 0.390 e. The summed E-state index contributed by atoms with van der Waals surface area (Å²) in [5.74, 6) is 1.24. The van der Waals surface area contributed by atoms with Crippen molar-refractivity contribution in [2.75, 3.05) is 19.0 Å². The molecule has 0 spiro atoms. The Kier molecular flexibility index (Phi) is 15.8. The molecule has 0 rings (SSSR count). The molecule has 2 nitrogen and oxygen atoms in total. The van der Waals surface area contributed by atoms with Crippen LogP contribution in [0.1, 0.15) is 79.1 Å². The number of aliphatic hydroxyl groups is 1. The SMILES string of the molecule is CCCCC(F)CC(C)SCC(O)COCC(CC)CCCC. The van der Waals surface area contributed by atoms with E-state index >= 15 is 0 Å². The third-order valence-electron chi connectivity index (χ3n) is 4.24. The number of halogens is 1. The van der Waals surface area contributed by atoms with Crippen LogP contribution in [0.15, 0.2) is 0 Å². The quantitative estimate of drug-likeness (QED) is 0.392. The summed E-state index contributed by atoms with van der Waals surface area (Å²) in [5, 5.41) is 10.2. The van der Waals surface area contributed by atoms with E-state index in [0.29, 0.717) is 31.1 Å². The number of hydrogen-bond donors (Lipinski definition) is 1. The minimum absolute atomic E-state index is 0.254. The highest BCUT2D eigenvalue weighted by Crippen LogP contribution is 2.21. The maximum atomic E-state index is 13.7. The fraction of sp³-hybridized carbons (Fsp3) is 1.00. The topological polar surface area (TPSA) is 29.5 Å². The monoisotopic (exact) mass is 350 g/mol. The van der Waals surface area contributed by atoms with Gasteiger partial charge in [-0.25, -0.2) is 4.39 Å². The van der Waals surface area contributed by atoms with Crippen molar-refractivity contribution in [1.29, 1.82) is 0 Å². The van der Waals surface area contributed by atoms with Crippen molar-refractivity contribution in [3.63, 3.8) is 0 Å². The number of unbranched alkanes of at least 4 members (excludes halogenated alkanes) is 2. The van der Waals surface area contributed by atoms with Crippen molar-refractivity contribution in [2.45, 2.75) is 96.6 Å². The zero-order valence-electron chi connectivity index (χ0n) is 15.7. The van der Waals surface area contributed by atoms with Crippen LogP contribution < -0.4 is 0 Å². The summed E-state index contributed by atoms with van der Waals surface area (Å²) in [6.45, 7) is 9.69. The molecule has 0 heterocycles. The lowest BCUT2D eigenvalue weighted by Gasteiger charge is -2.18. The maximum Gasteiger partial charge on any atom is 0.101 e. The van der Waals surface area contributed by atoms with E-state index in [-0.39, 0.29) is 5.25 Å². The molecule has 4 heteroatoms. The molecule has 0 saturated carbocycles. The first kappa shape index (κ1) is 23.2. The van der Waals surface area contributed by atoms with Gasteiger partial charge in [-0.1, -0.05) is 59.8 Å². The van der Waals surface area contributed by atoms with Gasteiger partial charge in [-0.3, -0.25) is 0 Å². The molecule has 0 aliphatic carbocycles. The third-order valence-corrected chi connectivity index (χ3v) is 5.58. The van der Waals surface area contributed by atoms with E-state index in [1.54, 1.807) is 11.8 Å². The molecule has 140 valence electrons. The van der Waals surface area contributed by atoms with Gasteiger partial charge in [0.1, 0.15) is 6.17 Å². The van der Waals surface area contributed by atoms with E-state index in [1.807, 2.05) is 0 Å². The summed E-state index contributed by atoms with van der Waals surface area (Å²) in [4.78, 5) is 0. The standard InChI is InChI=1S/C19H39FO2S/c1-5-8-10-17(7-3)13-22-14-19(21)15-23-16(4)12-18(20)11-9-6-2/h16-19,21H,5-15H2,1-4H3. The molecule has 0 bridgehead atoms. The van der Waals surface area contributed by atoms with Crippen molar-refractivity contribution in [2.24, 2.45) is 5.92 Å². The fourth-order valence-corrected chi connectivity index (χ4v) is 3.56. The van der Waals surface area contributed by atoms with Gasteiger partial charge in [0, 0.05) is 17.6 Å². The predicted octanol–water partition coefficient (Wildman–Crippen LogP) is 5.62. The van der Waals surface area contributed by atoms with E-state index < -0.39 is 12.3 Å². The van der Waals surface area contributed by atoms with Crippen LogP contribution in [0.5, 0.6) is 0 Å². The zero-order valence-corrected chi connectivity index (χ0v) is 16.5. The second-order valence-electron chi connectivity index (χ2n) is 6.73. The number of ether oxygens (including phenoxy) is 1. The summed E-state index contributed by atoms with van der Waals surface area (Å²) in [5.41, 5.74) is 0. The molecule has 23 heavy (non-hydrogen) atoms. The highest BCUT2D eigenvalue weighted by atomic mass is 32.2. The summed E-state index contributed by atoms with van der Waals surface area (Å²) in [6.07, 6.45) is 6.95. The number of alkyl halides is 1. The Morgan fingerprint density at radius 1 is 1.04 bits per heavy atom. The second kappa shape index (κ2) is 15.7. The molecule has 0 radical (unpaired) electrons. The van der Waals surface area contributed by atoms with Crippen LogP contribution in [0.25, 0.3) is 0 Å². The van der Waals surface area contributed by atoms with Gasteiger partial charge >= 0.3 is 0 Å². The lowest BCUT2D eigenvalue weighted by atomic mass is 10.0. The summed E-state index contributed by atoms with van der Waals surface area (Å²) < 4.78 is 19.4. The van der Waals surface area contributed by atoms with Gasteiger partial charge in [-0.15, -0.1) is 0 Å². The highest BCUT2D eigenvalue weighted by molar-refractivity contribution is 7.99. The van der Waals surface area contributed by atoms with E-state index in [4.69, 9.17) is 4.74 Å². The Bertz CT molecular complexity index is 254. The summed E-state index contributed by atoms with van der Waals surface area (Å²) >= 11 is 1.65. The van der Waals surface area contributed by atoms with Crippen LogP contribution in [-0.2, 0) is 4.74 Å². The normalized spacial score (nSPS) is 17.0. The van der Waals surface area contributed by atoms with Crippen molar-refractivity contribution in [3.8, 4) is 0 Å². The van der Waals surface area contributed by atoms with Crippen molar-refractivity contribution in [1.82, 2.24) is 0 Å². The van der Waals surface area contributed by atoms with Crippen molar-refractivity contribution >= 4 is 11.8 Å². The van der Waals surface area contributed by atoms with Gasteiger partial charge in [0.2, 0.25) is 0 Å².